The van der Waals surface area contributed by atoms with Crippen LogP contribution in [0.2, 0.25) is 0 Å². The maximum Gasteiger partial charge on any atom is 0.251 e. The number of hydrogen-bond acceptors (Lipinski definition) is 6. The summed E-state index contributed by atoms with van der Waals surface area (Å²) >= 11 is 0. The van der Waals surface area contributed by atoms with Gasteiger partial charge in [0.25, 0.3) is 5.91 Å². The monoisotopic (exact) mass is 449 g/mol. The molecule has 0 bridgehead atoms. The van der Waals surface area contributed by atoms with E-state index in [4.69, 9.17) is 4.74 Å². The smallest absolute Gasteiger partial charge is 0.251 e. The molecule has 4 rings (SSSR count). The number of benzene rings is 2. The Morgan fingerprint density at radius 1 is 1.12 bits per heavy atom. The molecule has 0 atom stereocenters. The third-order valence-corrected chi connectivity index (χ3v) is 6.14. The Labute approximate surface area is 194 Å². The van der Waals surface area contributed by atoms with Crippen LogP contribution in [0.5, 0.6) is 11.5 Å². The van der Waals surface area contributed by atoms with Crippen LogP contribution in [0.4, 0.5) is 0 Å². The van der Waals surface area contributed by atoms with Gasteiger partial charge in [-0.3, -0.25) is 9.69 Å². The molecular formula is C25H31N5O3. The number of aromatic hydroxyl groups is 1. The van der Waals surface area contributed by atoms with Crippen molar-refractivity contribution in [1.82, 2.24) is 25.0 Å². The standard InChI is InChI=1S/C25H31N5O3/c1-17-4-7-21(18(2)14-17)25(32)26-10-8-23-27-28-24-9-11-29(12-13-30(23)24)16-19-5-6-20(33-3)15-22(19)31/h4-7,14-15,31H,8-13,16H2,1-3H3,(H,26,32). The van der Waals surface area contributed by atoms with Crippen LogP contribution in [-0.2, 0) is 25.9 Å². The fraction of sp³-hybridized carbons (Fsp3) is 0.400. The van der Waals surface area contributed by atoms with E-state index >= 15 is 0 Å². The Morgan fingerprint density at radius 2 is 1.97 bits per heavy atom. The predicted molar refractivity (Wildman–Crippen MR) is 126 cm³/mol. The number of amides is 1. The largest absolute Gasteiger partial charge is 0.507 e. The van der Waals surface area contributed by atoms with E-state index in [9.17, 15) is 9.90 Å². The summed E-state index contributed by atoms with van der Waals surface area (Å²) in [4.78, 5) is 14.9. The fourth-order valence-corrected chi connectivity index (χ4v) is 4.27. The highest BCUT2D eigenvalue weighted by molar-refractivity contribution is 5.95. The molecular weight excluding hydrogens is 418 g/mol. The number of phenolic OH excluding ortho intramolecular Hbond substituents is 1. The lowest BCUT2D eigenvalue weighted by molar-refractivity contribution is 0.0953. The molecule has 0 spiro atoms. The summed E-state index contributed by atoms with van der Waals surface area (Å²) in [5.41, 5.74) is 3.71. The molecule has 0 unspecified atom stereocenters. The highest BCUT2D eigenvalue weighted by atomic mass is 16.5. The second kappa shape index (κ2) is 10.0. The van der Waals surface area contributed by atoms with Gasteiger partial charge in [0, 0.05) is 62.8 Å². The van der Waals surface area contributed by atoms with Gasteiger partial charge in [0.2, 0.25) is 0 Å². The van der Waals surface area contributed by atoms with E-state index in [2.05, 4.69) is 25.0 Å². The minimum absolute atomic E-state index is 0.0615. The van der Waals surface area contributed by atoms with Crippen molar-refractivity contribution in [2.75, 3.05) is 26.7 Å². The number of aromatic nitrogens is 3. The number of nitrogens with zero attached hydrogens (tertiary/aromatic N) is 4. The van der Waals surface area contributed by atoms with Gasteiger partial charge in [0.1, 0.15) is 23.1 Å². The quantitative estimate of drug-likeness (QED) is 0.576. The lowest BCUT2D eigenvalue weighted by atomic mass is 10.1. The van der Waals surface area contributed by atoms with Crippen molar-refractivity contribution in [2.45, 2.75) is 39.8 Å². The van der Waals surface area contributed by atoms with Gasteiger partial charge < -0.3 is 19.7 Å². The van der Waals surface area contributed by atoms with E-state index in [0.717, 1.165) is 54.4 Å². The summed E-state index contributed by atoms with van der Waals surface area (Å²) in [5.74, 6) is 2.69. The number of carbonyl (C=O) groups excluding carboxylic acids is 1. The molecule has 1 aliphatic rings. The van der Waals surface area contributed by atoms with Gasteiger partial charge in [-0.15, -0.1) is 10.2 Å². The molecule has 1 aliphatic heterocycles. The van der Waals surface area contributed by atoms with Crippen LogP contribution in [-0.4, -0.2) is 57.4 Å². The van der Waals surface area contributed by atoms with Crippen LogP contribution in [0.1, 0.15) is 38.7 Å². The number of phenols is 1. The second-order valence-corrected chi connectivity index (χ2v) is 8.53. The van der Waals surface area contributed by atoms with Crippen LogP contribution in [0.15, 0.2) is 36.4 Å². The van der Waals surface area contributed by atoms with Gasteiger partial charge in [0.15, 0.2) is 0 Å². The first-order valence-corrected chi connectivity index (χ1v) is 11.3. The Balaban J connectivity index is 1.33. The van der Waals surface area contributed by atoms with Gasteiger partial charge >= 0.3 is 0 Å². The Bertz CT molecular complexity index is 1140. The Morgan fingerprint density at radius 3 is 2.73 bits per heavy atom. The maximum absolute atomic E-state index is 12.5. The van der Waals surface area contributed by atoms with Gasteiger partial charge in [-0.25, -0.2) is 0 Å². The summed E-state index contributed by atoms with van der Waals surface area (Å²) in [6.07, 6.45) is 1.42. The van der Waals surface area contributed by atoms with E-state index in [1.165, 1.54) is 0 Å². The zero-order valence-corrected chi connectivity index (χ0v) is 19.5. The molecule has 2 aromatic carbocycles. The zero-order chi connectivity index (χ0) is 23.4. The molecule has 3 aromatic rings. The lowest BCUT2D eigenvalue weighted by Gasteiger charge is -2.20. The molecule has 0 saturated heterocycles. The highest BCUT2D eigenvalue weighted by Crippen LogP contribution is 2.25. The van der Waals surface area contributed by atoms with Crippen LogP contribution in [0.25, 0.3) is 0 Å². The number of carbonyl (C=O) groups is 1. The van der Waals surface area contributed by atoms with Crippen LogP contribution in [0.3, 0.4) is 0 Å². The summed E-state index contributed by atoms with van der Waals surface area (Å²) in [5, 5.41) is 22.1. The van der Waals surface area contributed by atoms with Gasteiger partial charge in [-0.2, -0.15) is 0 Å². The van der Waals surface area contributed by atoms with Gasteiger partial charge in [-0.05, 0) is 31.5 Å². The molecule has 8 nitrogen and oxygen atoms in total. The van der Waals surface area contributed by atoms with Crippen molar-refractivity contribution in [3.05, 3.63) is 70.3 Å². The molecule has 0 fully saturated rings. The van der Waals surface area contributed by atoms with E-state index in [-0.39, 0.29) is 11.7 Å². The van der Waals surface area contributed by atoms with E-state index in [1.54, 1.807) is 13.2 Å². The van der Waals surface area contributed by atoms with Crippen molar-refractivity contribution < 1.29 is 14.6 Å². The highest BCUT2D eigenvalue weighted by Gasteiger charge is 2.20. The van der Waals surface area contributed by atoms with Crippen LogP contribution in [0, 0.1) is 13.8 Å². The zero-order valence-electron chi connectivity index (χ0n) is 19.5. The topological polar surface area (TPSA) is 92.5 Å². The van der Waals surface area contributed by atoms with Gasteiger partial charge in [-0.1, -0.05) is 23.8 Å². The summed E-state index contributed by atoms with van der Waals surface area (Å²) < 4.78 is 7.33. The molecule has 8 heteroatoms. The number of fused-ring (bicyclic) bond motifs is 1. The minimum Gasteiger partial charge on any atom is -0.507 e. The van der Waals surface area contributed by atoms with E-state index in [1.807, 2.05) is 44.2 Å². The maximum atomic E-state index is 12.5. The van der Waals surface area contributed by atoms with Gasteiger partial charge in [0.05, 0.1) is 7.11 Å². The first-order valence-electron chi connectivity index (χ1n) is 11.3. The number of methoxy groups -OCH3 is 1. The molecule has 2 N–H and O–H groups in total. The summed E-state index contributed by atoms with van der Waals surface area (Å²) in [6.45, 7) is 7.60. The SMILES string of the molecule is COc1ccc(CN2CCc3nnc(CCNC(=O)c4ccc(C)cc4C)n3CC2)c(O)c1. The van der Waals surface area contributed by atoms with Crippen molar-refractivity contribution in [3.8, 4) is 11.5 Å². The number of aryl methyl sites for hydroxylation is 2. The number of nitrogens with one attached hydrogen (secondary N) is 1. The Hall–Kier alpha value is -3.39. The predicted octanol–water partition coefficient (Wildman–Crippen LogP) is 2.64. The Kier molecular flexibility index (Phi) is 6.93. The number of rotatable bonds is 7. The van der Waals surface area contributed by atoms with Crippen molar-refractivity contribution in [3.63, 3.8) is 0 Å². The van der Waals surface area contributed by atoms with Crippen molar-refractivity contribution in [1.29, 1.82) is 0 Å². The average Bonchev–Trinajstić information content (AvgIpc) is 3.06. The normalized spacial score (nSPS) is 13.9. The average molecular weight is 450 g/mol. The molecule has 1 aromatic heterocycles. The molecule has 0 aliphatic carbocycles. The van der Waals surface area contributed by atoms with Crippen molar-refractivity contribution in [2.24, 2.45) is 0 Å². The molecule has 174 valence electrons. The third kappa shape index (κ3) is 5.34. The molecule has 33 heavy (non-hydrogen) atoms. The van der Waals surface area contributed by atoms with Crippen LogP contribution < -0.4 is 10.1 Å². The molecule has 0 saturated carbocycles. The lowest BCUT2D eigenvalue weighted by Crippen LogP contribution is -2.28. The fourth-order valence-electron chi connectivity index (χ4n) is 4.27. The third-order valence-electron chi connectivity index (χ3n) is 6.14. The second-order valence-electron chi connectivity index (χ2n) is 8.53. The van der Waals surface area contributed by atoms with Crippen LogP contribution >= 0.6 is 0 Å². The molecule has 0 radical (unpaired) electrons. The molecule has 1 amide bonds. The number of ether oxygens (including phenoxy) is 1. The van der Waals surface area contributed by atoms with E-state index < -0.39 is 0 Å². The summed E-state index contributed by atoms with van der Waals surface area (Å²) in [6, 6.07) is 11.3. The van der Waals surface area contributed by atoms with E-state index in [0.29, 0.717) is 30.8 Å². The first kappa shape index (κ1) is 22.8. The molecule has 2 heterocycles. The first-order chi connectivity index (χ1) is 15.9. The van der Waals surface area contributed by atoms with Crippen molar-refractivity contribution >= 4 is 5.91 Å². The summed E-state index contributed by atoms with van der Waals surface area (Å²) in [7, 11) is 1.59. The number of hydrogen-bond donors (Lipinski definition) is 2. The minimum atomic E-state index is -0.0615.